The minimum Gasteiger partial charge on any atom is -1.00 e. The van der Waals surface area contributed by atoms with Crippen LogP contribution in [-0.2, 0) is 26.2 Å². The standard InChI is InChI=1S/2C20H15.C7H8Si.2ClH.Zr/c2*1-14-13-16-8-3-5-11-18(16)20(14)19-12-6-9-15-7-2-4-10-17(15)19;1-8-7-5-3-2-4-6-7;;;/h2*2-13H,1H3;2-6H,1H3;2*1H;/q2*-1;;;;+4/p-2. The molecule has 9 rings (SSSR count). The maximum Gasteiger partial charge on any atom is 4.00 e. The number of halogens is 2. The van der Waals surface area contributed by atoms with Crippen LogP contribution in [0.2, 0.25) is 6.55 Å². The van der Waals surface area contributed by atoms with Crippen LogP contribution in [0.1, 0.15) is 11.1 Å². The van der Waals surface area contributed by atoms with Crippen molar-refractivity contribution in [3.63, 3.8) is 0 Å². The van der Waals surface area contributed by atoms with E-state index in [9.17, 15) is 0 Å². The average molecular weight is 793 g/mol. The van der Waals surface area contributed by atoms with Crippen LogP contribution in [0.15, 0.2) is 176 Å². The Bertz CT molecular complexity index is 2310. The van der Waals surface area contributed by atoms with E-state index in [1.54, 1.807) is 0 Å². The molecule has 4 heteroatoms. The van der Waals surface area contributed by atoms with Crippen molar-refractivity contribution < 1.29 is 51.0 Å². The molecule has 51 heavy (non-hydrogen) atoms. The minimum absolute atomic E-state index is 0. The molecule has 0 saturated heterocycles. The molecule has 0 N–H and O–H groups in total. The molecule has 9 aromatic carbocycles. The fourth-order valence-electron chi connectivity index (χ4n) is 6.94. The smallest absolute Gasteiger partial charge is 1.00 e. The van der Waals surface area contributed by atoms with Crippen molar-refractivity contribution in [2.45, 2.75) is 20.4 Å². The fourth-order valence-corrected chi connectivity index (χ4v) is 7.47. The van der Waals surface area contributed by atoms with Gasteiger partial charge in [-0.25, -0.2) is 0 Å². The summed E-state index contributed by atoms with van der Waals surface area (Å²) in [6.45, 7) is 6.60. The van der Waals surface area contributed by atoms with Crippen molar-refractivity contribution >= 4 is 57.8 Å². The zero-order chi connectivity index (χ0) is 32.9. The SMILES string of the molecule is C[Si]c1ccccc1.Cc1[cH-]c2ccccc2c1-c1cccc2ccccc12.Cc1[cH-]c2ccccc2c1-c1cccc2ccccc12.[Cl-].[Cl-].[Zr+4]. The van der Waals surface area contributed by atoms with Crippen LogP contribution < -0.4 is 30.0 Å². The van der Waals surface area contributed by atoms with Gasteiger partial charge in [-0.3, -0.25) is 0 Å². The zero-order valence-electron chi connectivity index (χ0n) is 29.0. The molecule has 0 spiro atoms. The van der Waals surface area contributed by atoms with Gasteiger partial charge in [-0.05, 0) is 21.5 Å². The monoisotopic (exact) mass is 790 g/mol. The Morgan fingerprint density at radius 2 is 0.745 bits per heavy atom. The first kappa shape index (κ1) is 39.7. The van der Waals surface area contributed by atoms with Crippen molar-refractivity contribution in [2.75, 3.05) is 0 Å². The molecular formula is C47H38Cl2SiZr. The first-order valence-electron chi connectivity index (χ1n) is 16.6. The van der Waals surface area contributed by atoms with E-state index >= 15 is 0 Å². The molecule has 2 radical (unpaired) electrons. The summed E-state index contributed by atoms with van der Waals surface area (Å²) in [6, 6.07) is 62.7. The molecule has 0 aliphatic heterocycles. The van der Waals surface area contributed by atoms with Gasteiger partial charge in [-0.15, -0.1) is 92.3 Å². The molecule has 248 valence electrons. The Morgan fingerprint density at radius 1 is 0.392 bits per heavy atom. The van der Waals surface area contributed by atoms with Gasteiger partial charge in [0.05, 0.1) is 9.52 Å². The first-order valence-corrected chi connectivity index (χ1v) is 18.1. The maximum absolute atomic E-state index is 2.28. The van der Waals surface area contributed by atoms with E-state index in [2.05, 4.69) is 190 Å². The largest absolute Gasteiger partial charge is 4.00 e. The average Bonchev–Trinajstić information content (AvgIpc) is 3.66. The molecule has 0 saturated carbocycles. The van der Waals surface area contributed by atoms with Crippen LogP contribution >= 0.6 is 0 Å². The predicted molar refractivity (Wildman–Crippen MR) is 212 cm³/mol. The third-order valence-electron chi connectivity index (χ3n) is 9.17. The summed E-state index contributed by atoms with van der Waals surface area (Å²) in [5, 5.41) is 12.0. The molecule has 0 aromatic heterocycles. The molecule has 0 unspecified atom stereocenters. The van der Waals surface area contributed by atoms with Crippen LogP contribution in [0.5, 0.6) is 0 Å². The van der Waals surface area contributed by atoms with Crippen LogP contribution in [-0.4, -0.2) is 9.52 Å². The zero-order valence-corrected chi connectivity index (χ0v) is 34.0. The molecule has 0 bridgehead atoms. The molecule has 0 atom stereocenters. The van der Waals surface area contributed by atoms with Crippen molar-refractivity contribution in [1.29, 1.82) is 0 Å². The Balaban J connectivity index is 0.000000180. The van der Waals surface area contributed by atoms with Gasteiger partial charge in [0.1, 0.15) is 0 Å². The number of fused-ring (bicyclic) bond motifs is 4. The van der Waals surface area contributed by atoms with Crippen molar-refractivity contribution in [3.05, 3.63) is 187 Å². The summed E-state index contributed by atoms with van der Waals surface area (Å²) < 4.78 is 0. The summed E-state index contributed by atoms with van der Waals surface area (Å²) in [4.78, 5) is 0. The van der Waals surface area contributed by atoms with E-state index in [1.807, 2.05) is 6.07 Å². The quantitative estimate of drug-likeness (QED) is 0.143. The number of hydrogen-bond acceptors (Lipinski definition) is 0. The number of rotatable bonds is 3. The molecule has 0 amide bonds. The molecular weight excluding hydrogens is 755 g/mol. The second-order valence-corrected chi connectivity index (χ2v) is 13.3. The normalized spacial score (nSPS) is 10.3. The van der Waals surface area contributed by atoms with Gasteiger partial charge < -0.3 is 24.8 Å². The predicted octanol–water partition coefficient (Wildman–Crippen LogP) is 6.44. The molecule has 0 fully saturated rings. The third-order valence-corrected chi connectivity index (χ3v) is 10.1. The van der Waals surface area contributed by atoms with E-state index in [0.717, 1.165) is 9.52 Å². The van der Waals surface area contributed by atoms with Gasteiger partial charge >= 0.3 is 26.2 Å². The first-order chi connectivity index (χ1) is 23.6. The van der Waals surface area contributed by atoms with Crippen molar-refractivity contribution in [2.24, 2.45) is 0 Å². The van der Waals surface area contributed by atoms with E-state index in [1.165, 1.54) is 81.7 Å². The fraction of sp³-hybridized carbons (Fsp3) is 0.0638. The van der Waals surface area contributed by atoms with Gasteiger partial charge in [-0.2, -0.15) is 0 Å². The van der Waals surface area contributed by atoms with Gasteiger partial charge in [0.15, 0.2) is 0 Å². The van der Waals surface area contributed by atoms with Crippen LogP contribution in [0, 0.1) is 13.8 Å². The van der Waals surface area contributed by atoms with E-state index in [0.29, 0.717) is 0 Å². The van der Waals surface area contributed by atoms with Gasteiger partial charge in [0.2, 0.25) is 0 Å². The van der Waals surface area contributed by atoms with Crippen LogP contribution in [0.4, 0.5) is 0 Å². The summed E-state index contributed by atoms with van der Waals surface area (Å²) in [5.74, 6) is 0. The van der Waals surface area contributed by atoms with E-state index in [-0.39, 0.29) is 51.0 Å². The second-order valence-electron chi connectivity index (χ2n) is 12.2. The van der Waals surface area contributed by atoms with Crippen LogP contribution in [0.3, 0.4) is 0 Å². The molecule has 0 aliphatic rings. The topological polar surface area (TPSA) is 0 Å². The summed E-state index contributed by atoms with van der Waals surface area (Å²) in [5.41, 5.74) is 8.11. The minimum atomic E-state index is 0. The molecule has 0 nitrogen and oxygen atoms in total. The molecule has 0 heterocycles. The van der Waals surface area contributed by atoms with Gasteiger partial charge in [-0.1, -0.05) is 164 Å². The van der Waals surface area contributed by atoms with E-state index < -0.39 is 0 Å². The Kier molecular flexibility index (Phi) is 14.4. The Morgan fingerprint density at radius 3 is 1.16 bits per heavy atom. The summed E-state index contributed by atoms with van der Waals surface area (Å²) in [6.07, 6.45) is 0. The Labute approximate surface area is 336 Å². The van der Waals surface area contributed by atoms with Crippen LogP contribution in [0.25, 0.3) is 65.3 Å². The van der Waals surface area contributed by atoms with Crippen molar-refractivity contribution in [1.82, 2.24) is 0 Å². The molecule has 9 aromatic rings. The Hall–Kier alpha value is -4.04. The second kappa shape index (κ2) is 18.5. The van der Waals surface area contributed by atoms with Crippen molar-refractivity contribution in [3.8, 4) is 22.3 Å². The number of aryl methyl sites for hydroxylation is 2. The number of benzene rings is 7. The molecule has 0 aliphatic carbocycles. The third kappa shape index (κ3) is 8.54. The number of hydrogen-bond donors (Lipinski definition) is 0. The van der Waals surface area contributed by atoms with Gasteiger partial charge in [0, 0.05) is 0 Å². The maximum atomic E-state index is 2.28. The summed E-state index contributed by atoms with van der Waals surface area (Å²) in [7, 11) is 0.930. The van der Waals surface area contributed by atoms with Gasteiger partial charge in [0.25, 0.3) is 0 Å². The van der Waals surface area contributed by atoms with E-state index in [4.69, 9.17) is 0 Å². The summed E-state index contributed by atoms with van der Waals surface area (Å²) >= 11 is 0.